The molecule has 2 aromatic carbocycles. The van der Waals surface area contributed by atoms with Gasteiger partial charge < -0.3 is 19.7 Å². The molecule has 31 heavy (non-hydrogen) atoms. The third-order valence-electron chi connectivity index (χ3n) is 4.89. The number of amides is 2. The highest BCUT2D eigenvalue weighted by atomic mass is 16.5. The van der Waals surface area contributed by atoms with Crippen LogP contribution in [0.3, 0.4) is 0 Å². The van der Waals surface area contributed by atoms with Crippen LogP contribution in [0.25, 0.3) is 0 Å². The Bertz CT molecular complexity index is 1060. The van der Waals surface area contributed by atoms with Gasteiger partial charge in [0.2, 0.25) is 0 Å². The summed E-state index contributed by atoms with van der Waals surface area (Å²) in [7, 11) is 0. The molecule has 2 heterocycles. The second-order valence-electron chi connectivity index (χ2n) is 7.14. The predicted molar refractivity (Wildman–Crippen MR) is 118 cm³/mol. The fourth-order valence-electron chi connectivity index (χ4n) is 3.35. The molecule has 0 radical (unpaired) electrons. The molecule has 158 valence electrons. The van der Waals surface area contributed by atoms with Crippen LogP contribution in [0.5, 0.6) is 11.5 Å². The van der Waals surface area contributed by atoms with Gasteiger partial charge >= 0.3 is 0 Å². The Morgan fingerprint density at radius 3 is 2.77 bits per heavy atom. The van der Waals surface area contributed by atoms with E-state index in [0.717, 1.165) is 5.75 Å². The number of para-hydroxylation sites is 1. The molecule has 0 fully saturated rings. The molecule has 1 unspecified atom stereocenters. The number of hydrogen-bond acceptors (Lipinski definition) is 5. The van der Waals surface area contributed by atoms with Crippen molar-refractivity contribution in [1.82, 2.24) is 4.98 Å². The Labute approximate surface area is 180 Å². The van der Waals surface area contributed by atoms with E-state index in [-0.39, 0.29) is 11.8 Å². The van der Waals surface area contributed by atoms with E-state index in [4.69, 9.17) is 9.47 Å². The lowest BCUT2D eigenvalue weighted by Crippen LogP contribution is -2.45. The van der Waals surface area contributed by atoms with Crippen molar-refractivity contribution in [2.24, 2.45) is 0 Å². The Balaban J connectivity index is 1.46. The van der Waals surface area contributed by atoms with Gasteiger partial charge in [0.05, 0.1) is 17.9 Å². The topological polar surface area (TPSA) is 80.8 Å². The highest BCUT2D eigenvalue weighted by Gasteiger charge is 2.31. The van der Waals surface area contributed by atoms with E-state index in [0.29, 0.717) is 42.3 Å². The number of fused-ring (bicyclic) bond motifs is 1. The number of carbonyl (C=O) groups excluding carboxylic acids is 2. The van der Waals surface area contributed by atoms with Crippen LogP contribution in [0, 0.1) is 0 Å². The minimum atomic E-state index is -0.571. The molecule has 7 nitrogen and oxygen atoms in total. The average molecular weight is 417 g/mol. The summed E-state index contributed by atoms with van der Waals surface area (Å²) in [6, 6.07) is 18.2. The highest BCUT2D eigenvalue weighted by Crippen LogP contribution is 2.36. The van der Waals surface area contributed by atoms with Gasteiger partial charge in [0.25, 0.3) is 11.8 Å². The summed E-state index contributed by atoms with van der Waals surface area (Å²) >= 11 is 0. The molecule has 0 spiro atoms. The van der Waals surface area contributed by atoms with Gasteiger partial charge in [0.1, 0.15) is 11.5 Å². The quantitative estimate of drug-likeness (QED) is 0.590. The first-order chi connectivity index (χ1) is 15.1. The van der Waals surface area contributed by atoms with E-state index < -0.39 is 6.10 Å². The van der Waals surface area contributed by atoms with E-state index in [1.165, 1.54) is 6.20 Å². The van der Waals surface area contributed by atoms with Gasteiger partial charge in [-0.05, 0) is 55.8 Å². The van der Waals surface area contributed by atoms with Crippen LogP contribution >= 0.6 is 0 Å². The molecule has 7 heteroatoms. The number of nitrogens with zero attached hydrogens (tertiary/aromatic N) is 2. The summed E-state index contributed by atoms with van der Waals surface area (Å²) in [6.45, 7) is 2.69. The molecule has 0 saturated carbocycles. The predicted octanol–water partition coefficient (Wildman–Crippen LogP) is 3.92. The summed E-state index contributed by atoms with van der Waals surface area (Å²) in [5, 5.41) is 2.85. The van der Waals surface area contributed by atoms with Crippen molar-refractivity contribution < 1.29 is 19.1 Å². The first kappa shape index (κ1) is 20.4. The van der Waals surface area contributed by atoms with Crippen LogP contribution in [0.15, 0.2) is 73.1 Å². The highest BCUT2D eigenvalue weighted by molar-refractivity contribution is 6.05. The maximum atomic E-state index is 12.8. The number of aromatic nitrogens is 1. The van der Waals surface area contributed by atoms with E-state index in [1.807, 2.05) is 30.3 Å². The Kier molecular flexibility index (Phi) is 6.12. The summed E-state index contributed by atoms with van der Waals surface area (Å²) in [4.78, 5) is 30.9. The fraction of sp³-hybridized carbons (Fsp3) is 0.208. The maximum Gasteiger partial charge on any atom is 0.267 e. The number of carbonyl (C=O) groups is 2. The first-order valence-corrected chi connectivity index (χ1v) is 10.1. The lowest BCUT2D eigenvalue weighted by atomic mass is 10.1. The Morgan fingerprint density at radius 2 is 2.00 bits per heavy atom. The van der Waals surface area contributed by atoms with Gasteiger partial charge in [-0.3, -0.25) is 14.6 Å². The number of anilines is 2. The second kappa shape index (κ2) is 9.30. The molecule has 1 atom stereocenters. The SMILES string of the molecule is CC1Oc2ccc(NC(=O)c3cccnc3)cc2N(CCCOc2ccccc2)C1=O. The van der Waals surface area contributed by atoms with E-state index in [1.54, 1.807) is 48.4 Å². The molecule has 1 aliphatic heterocycles. The van der Waals surface area contributed by atoms with Gasteiger partial charge in [-0.15, -0.1) is 0 Å². The van der Waals surface area contributed by atoms with Crippen molar-refractivity contribution in [3.63, 3.8) is 0 Å². The third kappa shape index (κ3) is 4.83. The van der Waals surface area contributed by atoms with Crippen molar-refractivity contribution in [3.05, 3.63) is 78.6 Å². The molecule has 0 aliphatic carbocycles. The zero-order chi connectivity index (χ0) is 21.6. The molecule has 1 N–H and O–H groups in total. The van der Waals surface area contributed by atoms with Crippen LogP contribution in [-0.2, 0) is 4.79 Å². The van der Waals surface area contributed by atoms with Crippen molar-refractivity contribution >= 4 is 23.2 Å². The number of hydrogen-bond donors (Lipinski definition) is 1. The van der Waals surface area contributed by atoms with Gasteiger partial charge in [-0.2, -0.15) is 0 Å². The van der Waals surface area contributed by atoms with Gasteiger partial charge in [-0.1, -0.05) is 18.2 Å². The Morgan fingerprint density at radius 1 is 1.16 bits per heavy atom. The molecular formula is C24H23N3O4. The molecular weight excluding hydrogens is 394 g/mol. The van der Waals surface area contributed by atoms with Crippen LogP contribution in [0.1, 0.15) is 23.7 Å². The summed E-state index contributed by atoms with van der Waals surface area (Å²) in [5.41, 5.74) is 1.66. The number of pyridine rings is 1. The van der Waals surface area contributed by atoms with E-state index in [9.17, 15) is 9.59 Å². The minimum absolute atomic E-state index is 0.122. The molecule has 2 amide bonds. The molecule has 3 aromatic rings. The number of nitrogens with one attached hydrogen (secondary N) is 1. The van der Waals surface area contributed by atoms with Crippen molar-refractivity contribution in [2.75, 3.05) is 23.4 Å². The van der Waals surface area contributed by atoms with Crippen molar-refractivity contribution in [1.29, 1.82) is 0 Å². The lowest BCUT2D eigenvalue weighted by molar-refractivity contribution is -0.125. The van der Waals surface area contributed by atoms with E-state index in [2.05, 4.69) is 10.3 Å². The summed E-state index contributed by atoms with van der Waals surface area (Å²) < 4.78 is 11.5. The smallest absolute Gasteiger partial charge is 0.267 e. The number of ether oxygens (including phenoxy) is 2. The number of rotatable bonds is 7. The largest absolute Gasteiger partial charge is 0.494 e. The lowest BCUT2D eigenvalue weighted by Gasteiger charge is -2.33. The van der Waals surface area contributed by atoms with Gasteiger partial charge in [-0.25, -0.2) is 0 Å². The van der Waals surface area contributed by atoms with Gasteiger partial charge in [0.15, 0.2) is 6.10 Å². The van der Waals surface area contributed by atoms with Crippen LogP contribution in [0.2, 0.25) is 0 Å². The number of benzene rings is 2. The normalized spacial score (nSPS) is 15.1. The molecule has 1 aliphatic rings. The third-order valence-corrected chi connectivity index (χ3v) is 4.89. The van der Waals surface area contributed by atoms with Crippen LogP contribution in [0.4, 0.5) is 11.4 Å². The van der Waals surface area contributed by atoms with Crippen LogP contribution < -0.4 is 19.7 Å². The van der Waals surface area contributed by atoms with Crippen LogP contribution in [-0.4, -0.2) is 36.1 Å². The standard InChI is InChI=1S/C24H23N3O4/c1-17-24(29)27(13-6-14-30-20-8-3-2-4-9-20)21-15-19(10-11-22(21)31-17)26-23(28)18-7-5-12-25-16-18/h2-5,7-12,15-17H,6,13-14H2,1H3,(H,26,28). The molecule has 0 bridgehead atoms. The second-order valence-corrected chi connectivity index (χ2v) is 7.14. The first-order valence-electron chi connectivity index (χ1n) is 10.1. The minimum Gasteiger partial charge on any atom is -0.494 e. The zero-order valence-electron chi connectivity index (χ0n) is 17.2. The fourth-order valence-corrected chi connectivity index (χ4v) is 3.35. The molecule has 4 rings (SSSR count). The summed E-state index contributed by atoms with van der Waals surface area (Å²) in [6.07, 6.45) is 3.19. The van der Waals surface area contributed by atoms with Crippen molar-refractivity contribution in [2.45, 2.75) is 19.4 Å². The monoisotopic (exact) mass is 417 g/mol. The van der Waals surface area contributed by atoms with Crippen molar-refractivity contribution in [3.8, 4) is 11.5 Å². The molecule has 1 aromatic heterocycles. The van der Waals surface area contributed by atoms with Gasteiger partial charge in [0, 0.05) is 24.6 Å². The maximum absolute atomic E-state index is 12.8. The summed E-state index contributed by atoms with van der Waals surface area (Å²) in [5.74, 6) is 1.01. The Hall–Kier alpha value is -3.87. The van der Waals surface area contributed by atoms with E-state index >= 15 is 0 Å². The molecule has 0 saturated heterocycles. The average Bonchev–Trinajstić information content (AvgIpc) is 2.80. The zero-order valence-corrected chi connectivity index (χ0v) is 17.2.